The molecule has 0 aliphatic carbocycles. The average Bonchev–Trinajstić information content (AvgIpc) is 3.05. The molecule has 0 saturated carbocycles. The molecule has 22 heavy (non-hydrogen) atoms. The van der Waals surface area contributed by atoms with E-state index in [1.54, 1.807) is 25.3 Å². The molecule has 1 saturated heterocycles. The first-order valence-electron chi connectivity index (χ1n) is 7.61. The Balaban J connectivity index is 1.90. The van der Waals surface area contributed by atoms with Gasteiger partial charge in [-0.15, -0.1) is 0 Å². The Labute approximate surface area is 130 Å². The van der Waals surface area contributed by atoms with E-state index in [2.05, 4.69) is 5.32 Å². The topological polar surface area (TPSA) is 82.8 Å². The van der Waals surface area contributed by atoms with E-state index in [1.807, 2.05) is 0 Å². The van der Waals surface area contributed by atoms with E-state index < -0.39 is 0 Å². The van der Waals surface area contributed by atoms with Crippen molar-refractivity contribution < 1.29 is 19.0 Å². The molecule has 1 aromatic rings. The first-order chi connectivity index (χ1) is 10.7. The van der Waals surface area contributed by atoms with Crippen molar-refractivity contribution in [3.05, 3.63) is 23.8 Å². The highest BCUT2D eigenvalue weighted by Crippen LogP contribution is 2.28. The van der Waals surface area contributed by atoms with E-state index in [4.69, 9.17) is 19.9 Å². The van der Waals surface area contributed by atoms with Crippen LogP contribution in [0.15, 0.2) is 18.2 Å². The maximum Gasteiger partial charge on any atom is 0.251 e. The van der Waals surface area contributed by atoms with Crippen LogP contribution in [0.2, 0.25) is 0 Å². The second-order valence-corrected chi connectivity index (χ2v) is 5.28. The Hall–Kier alpha value is -1.79. The summed E-state index contributed by atoms with van der Waals surface area (Å²) in [6.45, 7) is 3.07. The molecule has 1 aliphatic rings. The molecule has 122 valence electrons. The lowest BCUT2D eigenvalue weighted by Crippen LogP contribution is -2.26. The van der Waals surface area contributed by atoms with Gasteiger partial charge >= 0.3 is 0 Å². The third kappa shape index (κ3) is 4.61. The van der Waals surface area contributed by atoms with Gasteiger partial charge in [0.25, 0.3) is 5.91 Å². The summed E-state index contributed by atoms with van der Waals surface area (Å²) >= 11 is 0. The van der Waals surface area contributed by atoms with Crippen LogP contribution in [-0.4, -0.2) is 45.9 Å². The molecule has 1 heterocycles. The van der Waals surface area contributed by atoms with Gasteiger partial charge in [-0.1, -0.05) is 0 Å². The quantitative estimate of drug-likeness (QED) is 0.754. The highest BCUT2D eigenvalue weighted by molar-refractivity contribution is 5.94. The summed E-state index contributed by atoms with van der Waals surface area (Å²) in [5.74, 6) is 1.57. The molecular weight excluding hydrogens is 284 g/mol. The van der Waals surface area contributed by atoms with Gasteiger partial charge in [-0.25, -0.2) is 0 Å². The van der Waals surface area contributed by atoms with E-state index in [0.717, 1.165) is 26.1 Å². The number of carbonyl (C=O) groups is 1. The van der Waals surface area contributed by atoms with Gasteiger partial charge in [0.15, 0.2) is 11.5 Å². The third-order valence-corrected chi connectivity index (χ3v) is 3.66. The Morgan fingerprint density at radius 3 is 3.00 bits per heavy atom. The first-order valence-corrected chi connectivity index (χ1v) is 7.61. The van der Waals surface area contributed by atoms with Gasteiger partial charge in [0.05, 0.1) is 7.11 Å². The smallest absolute Gasteiger partial charge is 0.251 e. The molecule has 1 unspecified atom stereocenters. The molecule has 2 rings (SSSR count). The molecule has 1 aromatic carbocycles. The minimum absolute atomic E-state index is 0.112. The van der Waals surface area contributed by atoms with Gasteiger partial charge in [0.1, 0.15) is 6.61 Å². The maximum absolute atomic E-state index is 12.2. The maximum atomic E-state index is 12.2. The van der Waals surface area contributed by atoms with E-state index in [0.29, 0.717) is 42.7 Å². The minimum atomic E-state index is -0.112. The van der Waals surface area contributed by atoms with E-state index in [-0.39, 0.29) is 5.91 Å². The van der Waals surface area contributed by atoms with Crippen molar-refractivity contribution in [2.24, 2.45) is 11.7 Å². The lowest BCUT2D eigenvalue weighted by atomic mass is 10.1. The fourth-order valence-electron chi connectivity index (χ4n) is 2.40. The summed E-state index contributed by atoms with van der Waals surface area (Å²) in [5.41, 5.74) is 5.99. The molecule has 6 nitrogen and oxygen atoms in total. The minimum Gasteiger partial charge on any atom is -0.493 e. The molecule has 0 bridgehead atoms. The predicted octanol–water partition coefficient (Wildman–Crippen LogP) is 1.19. The molecule has 0 radical (unpaired) electrons. The number of methoxy groups -OCH3 is 1. The molecule has 0 spiro atoms. The van der Waals surface area contributed by atoms with Gasteiger partial charge in [-0.2, -0.15) is 0 Å². The molecule has 1 fully saturated rings. The largest absolute Gasteiger partial charge is 0.493 e. The van der Waals surface area contributed by atoms with Crippen LogP contribution >= 0.6 is 0 Å². The summed E-state index contributed by atoms with van der Waals surface area (Å²) in [5, 5.41) is 2.93. The van der Waals surface area contributed by atoms with Crippen LogP contribution in [0.1, 0.15) is 23.2 Å². The van der Waals surface area contributed by atoms with Crippen molar-refractivity contribution in [2.45, 2.75) is 12.8 Å². The molecule has 1 atom stereocenters. The van der Waals surface area contributed by atoms with Crippen LogP contribution in [-0.2, 0) is 4.74 Å². The lowest BCUT2D eigenvalue weighted by molar-refractivity contribution is 0.0950. The highest BCUT2D eigenvalue weighted by Gasteiger charge is 2.16. The van der Waals surface area contributed by atoms with Crippen LogP contribution in [0.5, 0.6) is 11.5 Å². The standard InChI is InChI=1S/C16H24N2O4/c1-20-14-3-2-13(10-15(14)22-9-6-17)16(19)18-7-4-12-5-8-21-11-12/h2-3,10,12H,4-9,11,17H2,1H3,(H,18,19). The number of nitrogens with one attached hydrogen (secondary N) is 1. The number of nitrogens with two attached hydrogens (primary N) is 1. The predicted molar refractivity (Wildman–Crippen MR) is 83.4 cm³/mol. The number of carbonyl (C=O) groups excluding carboxylic acids is 1. The number of hydrogen-bond donors (Lipinski definition) is 2. The molecular formula is C16H24N2O4. The molecule has 1 aliphatic heterocycles. The number of hydrogen-bond acceptors (Lipinski definition) is 5. The number of benzene rings is 1. The summed E-state index contributed by atoms with van der Waals surface area (Å²) in [6, 6.07) is 5.14. The molecule has 6 heteroatoms. The van der Waals surface area contributed by atoms with Crippen LogP contribution in [0.4, 0.5) is 0 Å². The summed E-state index contributed by atoms with van der Waals surface area (Å²) in [4.78, 5) is 12.2. The normalized spacial score (nSPS) is 17.3. The van der Waals surface area contributed by atoms with Crippen molar-refractivity contribution in [3.63, 3.8) is 0 Å². The van der Waals surface area contributed by atoms with Gasteiger partial charge in [-0.05, 0) is 37.0 Å². The zero-order chi connectivity index (χ0) is 15.8. The van der Waals surface area contributed by atoms with Gasteiger partial charge < -0.3 is 25.3 Å². The van der Waals surface area contributed by atoms with Gasteiger partial charge in [0.2, 0.25) is 0 Å². The zero-order valence-corrected chi connectivity index (χ0v) is 13.0. The monoisotopic (exact) mass is 308 g/mol. The van der Waals surface area contributed by atoms with E-state index in [1.165, 1.54) is 0 Å². The Morgan fingerprint density at radius 2 is 2.32 bits per heavy atom. The SMILES string of the molecule is COc1ccc(C(=O)NCCC2CCOC2)cc1OCCN. The van der Waals surface area contributed by atoms with Crippen LogP contribution in [0.25, 0.3) is 0 Å². The average molecular weight is 308 g/mol. The lowest BCUT2D eigenvalue weighted by Gasteiger charge is -2.12. The van der Waals surface area contributed by atoms with E-state index in [9.17, 15) is 4.79 Å². The Morgan fingerprint density at radius 1 is 1.45 bits per heavy atom. The van der Waals surface area contributed by atoms with Crippen molar-refractivity contribution in [2.75, 3.05) is 40.0 Å². The second-order valence-electron chi connectivity index (χ2n) is 5.28. The van der Waals surface area contributed by atoms with E-state index >= 15 is 0 Å². The van der Waals surface area contributed by atoms with Crippen LogP contribution in [0.3, 0.4) is 0 Å². The fourth-order valence-corrected chi connectivity index (χ4v) is 2.40. The van der Waals surface area contributed by atoms with Crippen molar-refractivity contribution in [1.29, 1.82) is 0 Å². The van der Waals surface area contributed by atoms with Gasteiger partial charge in [0, 0.05) is 31.9 Å². The fraction of sp³-hybridized carbons (Fsp3) is 0.562. The third-order valence-electron chi connectivity index (χ3n) is 3.66. The second kappa shape index (κ2) is 8.60. The Kier molecular flexibility index (Phi) is 6.48. The van der Waals surface area contributed by atoms with Crippen LogP contribution < -0.4 is 20.5 Å². The number of ether oxygens (including phenoxy) is 3. The summed E-state index contributed by atoms with van der Waals surface area (Å²) < 4.78 is 16.0. The van der Waals surface area contributed by atoms with Crippen molar-refractivity contribution in [3.8, 4) is 11.5 Å². The number of rotatable bonds is 8. The van der Waals surface area contributed by atoms with Crippen molar-refractivity contribution in [1.82, 2.24) is 5.32 Å². The molecule has 3 N–H and O–H groups in total. The zero-order valence-electron chi connectivity index (χ0n) is 13.0. The highest BCUT2D eigenvalue weighted by atomic mass is 16.5. The molecule has 0 aromatic heterocycles. The Bertz CT molecular complexity index is 487. The van der Waals surface area contributed by atoms with Gasteiger partial charge in [-0.3, -0.25) is 4.79 Å². The summed E-state index contributed by atoms with van der Waals surface area (Å²) in [6.07, 6.45) is 2.02. The molecule has 1 amide bonds. The van der Waals surface area contributed by atoms with Crippen molar-refractivity contribution >= 4 is 5.91 Å². The first kappa shape index (κ1) is 16.6. The number of amides is 1. The summed E-state index contributed by atoms with van der Waals surface area (Å²) in [7, 11) is 1.56. The van der Waals surface area contributed by atoms with Crippen LogP contribution in [0, 0.1) is 5.92 Å².